The lowest BCUT2D eigenvalue weighted by Crippen LogP contribution is -2.27. The molecule has 0 spiro atoms. The molecule has 0 aliphatic heterocycles. The topological polar surface area (TPSA) is 39.1 Å². The lowest BCUT2D eigenvalue weighted by Gasteiger charge is -2.12. The average Bonchev–Trinajstić information content (AvgIpc) is 2.52. The summed E-state index contributed by atoms with van der Waals surface area (Å²) in [6.45, 7) is 6.57. The highest BCUT2D eigenvalue weighted by Gasteiger charge is 2.01. The van der Waals surface area contributed by atoms with Crippen molar-refractivity contribution >= 4 is 0 Å². The molecule has 1 N–H and O–H groups in total. The SMILES string of the molecule is CCOC(C)CNCc1ccnn1C. The second-order valence-electron chi connectivity index (χ2n) is 3.34. The van der Waals surface area contributed by atoms with Gasteiger partial charge in [0.25, 0.3) is 0 Å². The molecule has 80 valence electrons. The van der Waals surface area contributed by atoms with Crippen molar-refractivity contribution in [2.75, 3.05) is 13.2 Å². The van der Waals surface area contributed by atoms with Gasteiger partial charge in [0, 0.05) is 32.9 Å². The molecule has 0 saturated heterocycles. The molecule has 1 unspecified atom stereocenters. The van der Waals surface area contributed by atoms with Gasteiger partial charge in [0.2, 0.25) is 0 Å². The third-order valence-electron chi connectivity index (χ3n) is 2.11. The standard InChI is InChI=1S/C10H19N3O/c1-4-14-9(2)7-11-8-10-5-6-12-13(10)3/h5-6,9,11H,4,7-8H2,1-3H3. The minimum absolute atomic E-state index is 0.272. The van der Waals surface area contributed by atoms with Crippen LogP contribution in [0.15, 0.2) is 12.3 Å². The largest absolute Gasteiger partial charge is 0.377 e. The Morgan fingerprint density at radius 1 is 1.64 bits per heavy atom. The average molecular weight is 197 g/mol. The number of nitrogens with one attached hydrogen (secondary N) is 1. The predicted molar refractivity (Wildman–Crippen MR) is 56.0 cm³/mol. The van der Waals surface area contributed by atoms with E-state index in [4.69, 9.17) is 4.74 Å². The van der Waals surface area contributed by atoms with E-state index in [0.717, 1.165) is 19.7 Å². The molecule has 0 aliphatic rings. The Morgan fingerprint density at radius 3 is 3.00 bits per heavy atom. The summed E-state index contributed by atoms with van der Waals surface area (Å²) in [5.74, 6) is 0. The van der Waals surface area contributed by atoms with Gasteiger partial charge in [-0.25, -0.2) is 0 Å². The number of ether oxygens (including phenoxy) is 1. The first-order chi connectivity index (χ1) is 6.74. The first kappa shape index (κ1) is 11.2. The minimum Gasteiger partial charge on any atom is -0.377 e. The summed E-state index contributed by atoms with van der Waals surface area (Å²) in [5, 5.41) is 7.42. The van der Waals surface area contributed by atoms with Crippen LogP contribution in [0.2, 0.25) is 0 Å². The van der Waals surface area contributed by atoms with E-state index in [0.29, 0.717) is 0 Å². The van der Waals surface area contributed by atoms with Gasteiger partial charge in [-0.2, -0.15) is 5.10 Å². The van der Waals surface area contributed by atoms with Crippen molar-refractivity contribution in [3.63, 3.8) is 0 Å². The minimum atomic E-state index is 0.272. The molecule has 0 bridgehead atoms. The van der Waals surface area contributed by atoms with Crippen molar-refractivity contribution in [2.45, 2.75) is 26.5 Å². The maximum Gasteiger partial charge on any atom is 0.0671 e. The summed E-state index contributed by atoms with van der Waals surface area (Å²) in [4.78, 5) is 0. The summed E-state index contributed by atoms with van der Waals surface area (Å²) < 4.78 is 7.28. The van der Waals surface area contributed by atoms with Crippen LogP contribution in [0.1, 0.15) is 19.5 Å². The van der Waals surface area contributed by atoms with Crippen molar-refractivity contribution < 1.29 is 4.74 Å². The van der Waals surface area contributed by atoms with Gasteiger partial charge < -0.3 is 10.1 Å². The third kappa shape index (κ3) is 3.47. The Bertz CT molecular complexity index is 260. The predicted octanol–water partition coefficient (Wildman–Crippen LogP) is 0.935. The van der Waals surface area contributed by atoms with Crippen LogP contribution < -0.4 is 5.32 Å². The molecule has 4 nitrogen and oxygen atoms in total. The fourth-order valence-corrected chi connectivity index (χ4v) is 1.32. The maximum atomic E-state index is 5.41. The molecular formula is C10H19N3O. The van der Waals surface area contributed by atoms with E-state index in [9.17, 15) is 0 Å². The van der Waals surface area contributed by atoms with E-state index in [1.165, 1.54) is 5.69 Å². The highest BCUT2D eigenvalue weighted by atomic mass is 16.5. The molecule has 1 heterocycles. The summed E-state index contributed by atoms with van der Waals surface area (Å²) in [6, 6.07) is 2.01. The van der Waals surface area contributed by atoms with Gasteiger partial charge in [-0.05, 0) is 19.9 Å². The third-order valence-corrected chi connectivity index (χ3v) is 2.11. The van der Waals surface area contributed by atoms with Crippen molar-refractivity contribution in [1.82, 2.24) is 15.1 Å². The first-order valence-corrected chi connectivity index (χ1v) is 5.03. The maximum absolute atomic E-state index is 5.41. The van der Waals surface area contributed by atoms with Crippen LogP contribution in [-0.2, 0) is 18.3 Å². The lowest BCUT2D eigenvalue weighted by molar-refractivity contribution is 0.0758. The van der Waals surface area contributed by atoms with E-state index in [2.05, 4.69) is 17.3 Å². The molecule has 14 heavy (non-hydrogen) atoms. The van der Waals surface area contributed by atoms with Gasteiger partial charge in [0.1, 0.15) is 0 Å². The van der Waals surface area contributed by atoms with Crippen LogP contribution in [0.4, 0.5) is 0 Å². The normalized spacial score (nSPS) is 13.1. The van der Waals surface area contributed by atoms with Crippen LogP contribution in [0.3, 0.4) is 0 Å². The molecular weight excluding hydrogens is 178 g/mol. The Morgan fingerprint density at radius 2 is 2.43 bits per heavy atom. The monoisotopic (exact) mass is 197 g/mol. The molecule has 4 heteroatoms. The van der Waals surface area contributed by atoms with Crippen LogP contribution in [0.5, 0.6) is 0 Å². The van der Waals surface area contributed by atoms with Gasteiger partial charge in [-0.1, -0.05) is 0 Å². The fourth-order valence-electron chi connectivity index (χ4n) is 1.32. The van der Waals surface area contributed by atoms with Gasteiger partial charge >= 0.3 is 0 Å². The number of aromatic nitrogens is 2. The molecule has 1 aromatic heterocycles. The van der Waals surface area contributed by atoms with Gasteiger partial charge in [0.05, 0.1) is 11.8 Å². The van der Waals surface area contributed by atoms with Crippen molar-refractivity contribution in [2.24, 2.45) is 7.05 Å². The smallest absolute Gasteiger partial charge is 0.0671 e. The lowest BCUT2D eigenvalue weighted by atomic mass is 10.3. The van der Waals surface area contributed by atoms with E-state index in [-0.39, 0.29) is 6.10 Å². The summed E-state index contributed by atoms with van der Waals surface area (Å²) in [5.41, 5.74) is 1.19. The molecule has 1 rings (SSSR count). The van der Waals surface area contributed by atoms with Crippen LogP contribution in [-0.4, -0.2) is 29.0 Å². The summed E-state index contributed by atoms with van der Waals surface area (Å²) >= 11 is 0. The Hall–Kier alpha value is -0.870. The zero-order valence-electron chi connectivity index (χ0n) is 9.16. The molecule has 0 aromatic carbocycles. The van der Waals surface area contributed by atoms with Crippen molar-refractivity contribution in [3.05, 3.63) is 18.0 Å². The van der Waals surface area contributed by atoms with Gasteiger partial charge in [0.15, 0.2) is 0 Å². The molecule has 1 aromatic rings. The molecule has 0 saturated carbocycles. The summed E-state index contributed by atoms with van der Waals surface area (Å²) in [6.07, 6.45) is 2.08. The first-order valence-electron chi connectivity index (χ1n) is 5.03. The van der Waals surface area contributed by atoms with Crippen LogP contribution in [0, 0.1) is 0 Å². The van der Waals surface area contributed by atoms with E-state index < -0.39 is 0 Å². The molecule has 0 aliphatic carbocycles. The van der Waals surface area contributed by atoms with E-state index in [1.807, 2.05) is 30.9 Å². The van der Waals surface area contributed by atoms with Gasteiger partial charge in [-0.15, -0.1) is 0 Å². The number of rotatable bonds is 6. The van der Waals surface area contributed by atoms with Crippen molar-refractivity contribution in [3.8, 4) is 0 Å². The molecule has 1 atom stereocenters. The second kappa shape index (κ2) is 5.78. The zero-order chi connectivity index (χ0) is 10.4. The number of hydrogen-bond acceptors (Lipinski definition) is 3. The quantitative estimate of drug-likeness (QED) is 0.737. The number of hydrogen-bond donors (Lipinski definition) is 1. The molecule has 0 radical (unpaired) electrons. The Kier molecular flexibility index (Phi) is 4.62. The van der Waals surface area contributed by atoms with Crippen LogP contribution >= 0.6 is 0 Å². The zero-order valence-corrected chi connectivity index (χ0v) is 9.16. The fraction of sp³-hybridized carbons (Fsp3) is 0.700. The molecule has 0 amide bonds. The second-order valence-corrected chi connectivity index (χ2v) is 3.34. The van der Waals surface area contributed by atoms with E-state index >= 15 is 0 Å². The van der Waals surface area contributed by atoms with Gasteiger partial charge in [-0.3, -0.25) is 4.68 Å². The Balaban J connectivity index is 2.19. The number of aryl methyl sites for hydroxylation is 1. The van der Waals surface area contributed by atoms with Crippen LogP contribution in [0.25, 0.3) is 0 Å². The highest BCUT2D eigenvalue weighted by Crippen LogP contribution is 1.95. The number of nitrogens with zero attached hydrogens (tertiary/aromatic N) is 2. The Labute approximate surface area is 85.3 Å². The summed E-state index contributed by atoms with van der Waals surface area (Å²) in [7, 11) is 1.95. The highest BCUT2D eigenvalue weighted by molar-refractivity contribution is 4.99. The van der Waals surface area contributed by atoms with Crippen molar-refractivity contribution in [1.29, 1.82) is 0 Å². The molecule has 0 fully saturated rings. The van der Waals surface area contributed by atoms with E-state index in [1.54, 1.807) is 0 Å².